The van der Waals surface area contributed by atoms with Gasteiger partial charge in [0, 0.05) is 22.5 Å². The summed E-state index contributed by atoms with van der Waals surface area (Å²) in [5.74, 6) is 0.894. The maximum Gasteiger partial charge on any atom is 0.153 e. The molecule has 0 fully saturated rings. The molecule has 0 radical (unpaired) electrons. The second-order valence-electron chi connectivity index (χ2n) is 4.38. The maximum absolute atomic E-state index is 6.22. The molecule has 0 amide bonds. The van der Waals surface area contributed by atoms with Crippen LogP contribution in [0.3, 0.4) is 0 Å². The van der Waals surface area contributed by atoms with Crippen molar-refractivity contribution >= 4 is 38.5 Å². The average Bonchev–Trinajstić information content (AvgIpc) is 2.70. The fraction of sp³-hybridized carbons (Fsp3) is 0.429. The van der Waals surface area contributed by atoms with Gasteiger partial charge >= 0.3 is 0 Å². The van der Waals surface area contributed by atoms with Crippen molar-refractivity contribution in [1.29, 1.82) is 0 Å². The van der Waals surface area contributed by atoms with Gasteiger partial charge in [-0.25, -0.2) is 0 Å². The van der Waals surface area contributed by atoms with E-state index in [-0.39, 0.29) is 0 Å². The lowest BCUT2D eigenvalue weighted by Crippen LogP contribution is -2.14. The minimum Gasteiger partial charge on any atom is -0.458 e. The number of hydrogen-bond acceptors (Lipinski definition) is 3. The second-order valence-corrected chi connectivity index (χ2v) is 5.70. The van der Waals surface area contributed by atoms with E-state index in [2.05, 4.69) is 28.2 Å². The summed E-state index contributed by atoms with van der Waals surface area (Å²) in [6.45, 7) is 4.30. The highest BCUT2D eigenvalue weighted by Gasteiger charge is 2.16. The van der Waals surface area contributed by atoms with Gasteiger partial charge in [0.25, 0.3) is 0 Å². The molecule has 0 bridgehead atoms. The first-order chi connectivity index (χ1) is 9.17. The Morgan fingerprint density at radius 3 is 2.89 bits per heavy atom. The van der Waals surface area contributed by atoms with Crippen molar-refractivity contribution < 1.29 is 9.15 Å². The van der Waals surface area contributed by atoms with Crippen LogP contribution in [0.15, 0.2) is 21.0 Å². The number of furan rings is 1. The van der Waals surface area contributed by atoms with Gasteiger partial charge in [0.15, 0.2) is 5.58 Å². The van der Waals surface area contributed by atoms with Crippen molar-refractivity contribution in [2.24, 2.45) is 0 Å². The average molecular weight is 347 g/mol. The molecule has 19 heavy (non-hydrogen) atoms. The lowest BCUT2D eigenvalue weighted by Gasteiger charge is -2.03. The SMILES string of the molecule is CCCNCc1oc2c(Cl)cc(Br)cc2c1COC. The first-order valence-corrected chi connectivity index (χ1v) is 7.43. The molecular weight excluding hydrogens is 330 g/mol. The summed E-state index contributed by atoms with van der Waals surface area (Å²) >= 11 is 9.68. The summed E-state index contributed by atoms with van der Waals surface area (Å²) < 4.78 is 12.1. The minimum atomic E-state index is 0.517. The molecule has 1 N–H and O–H groups in total. The molecule has 0 aliphatic rings. The van der Waals surface area contributed by atoms with Crippen LogP contribution in [0.2, 0.25) is 5.02 Å². The van der Waals surface area contributed by atoms with Gasteiger partial charge in [-0.15, -0.1) is 0 Å². The van der Waals surface area contributed by atoms with Crippen molar-refractivity contribution in [1.82, 2.24) is 5.32 Å². The van der Waals surface area contributed by atoms with E-state index in [1.807, 2.05) is 12.1 Å². The Balaban J connectivity index is 2.44. The number of benzene rings is 1. The Morgan fingerprint density at radius 1 is 1.42 bits per heavy atom. The topological polar surface area (TPSA) is 34.4 Å². The van der Waals surface area contributed by atoms with E-state index in [1.165, 1.54) is 0 Å². The number of rotatable bonds is 6. The summed E-state index contributed by atoms with van der Waals surface area (Å²) in [5, 5.41) is 4.96. The zero-order valence-electron chi connectivity index (χ0n) is 11.1. The van der Waals surface area contributed by atoms with Crippen molar-refractivity contribution in [2.75, 3.05) is 13.7 Å². The number of halogens is 2. The van der Waals surface area contributed by atoms with Gasteiger partial charge in [0.05, 0.1) is 18.2 Å². The summed E-state index contributed by atoms with van der Waals surface area (Å²) in [7, 11) is 1.68. The highest BCUT2D eigenvalue weighted by Crippen LogP contribution is 2.34. The smallest absolute Gasteiger partial charge is 0.153 e. The van der Waals surface area contributed by atoms with Crippen LogP contribution in [-0.4, -0.2) is 13.7 Å². The zero-order chi connectivity index (χ0) is 13.8. The molecule has 1 aromatic heterocycles. The maximum atomic E-state index is 6.22. The predicted octanol–water partition coefficient (Wildman–Crippen LogP) is 4.49. The number of nitrogens with one attached hydrogen (secondary N) is 1. The first kappa shape index (κ1) is 14.9. The van der Waals surface area contributed by atoms with E-state index in [1.54, 1.807) is 7.11 Å². The lowest BCUT2D eigenvalue weighted by molar-refractivity contribution is 0.183. The van der Waals surface area contributed by atoms with Crippen molar-refractivity contribution in [3.8, 4) is 0 Å². The molecule has 2 rings (SSSR count). The van der Waals surface area contributed by atoms with Crippen molar-refractivity contribution in [2.45, 2.75) is 26.5 Å². The third-order valence-electron chi connectivity index (χ3n) is 2.90. The Morgan fingerprint density at radius 2 is 2.21 bits per heavy atom. The fourth-order valence-electron chi connectivity index (χ4n) is 2.05. The van der Waals surface area contributed by atoms with Crippen LogP contribution in [0.5, 0.6) is 0 Å². The van der Waals surface area contributed by atoms with Gasteiger partial charge < -0.3 is 14.5 Å². The third-order valence-corrected chi connectivity index (χ3v) is 3.63. The van der Waals surface area contributed by atoms with E-state index in [0.29, 0.717) is 18.2 Å². The molecule has 1 heterocycles. The molecule has 0 aliphatic carbocycles. The monoisotopic (exact) mass is 345 g/mol. The zero-order valence-corrected chi connectivity index (χ0v) is 13.4. The molecule has 0 saturated heterocycles. The van der Waals surface area contributed by atoms with Crippen LogP contribution in [0.25, 0.3) is 11.0 Å². The summed E-state index contributed by atoms with van der Waals surface area (Å²) in [6.07, 6.45) is 1.09. The molecule has 104 valence electrons. The van der Waals surface area contributed by atoms with Gasteiger partial charge in [-0.1, -0.05) is 34.5 Å². The molecule has 5 heteroatoms. The van der Waals surface area contributed by atoms with Crippen LogP contribution in [0.4, 0.5) is 0 Å². The predicted molar refractivity (Wildman–Crippen MR) is 81.6 cm³/mol. The largest absolute Gasteiger partial charge is 0.458 e. The number of fused-ring (bicyclic) bond motifs is 1. The molecule has 0 spiro atoms. The molecule has 0 aliphatic heterocycles. The molecule has 0 unspecified atom stereocenters. The Bertz CT molecular complexity index is 568. The number of hydrogen-bond donors (Lipinski definition) is 1. The Kier molecular flexibility index (Phi) is 5.28. The standard InChI is InChI=1S/C14H17BrClNO2/c1-3-4-17-7-13-11(8-18-2)10-5-9(15)6-12(16)14(10)19-13/h5-6,17H,3-4,7-8H2,1-2H3. The molecule has 3 nitrogen and oxygen atoms in total. The van der Waals surface area contributed by atoms with Gasteiger partial charge in [0.1, 0.15) is 5.76 Å². The van der Waals surface area contributed by atoms with Gasteiger partial charge in [-0.05, 0) is 25.1 Å². The highest BCUT2D eigenvalue weighted by atomic mass is 79.9. The first-order valence-electron chi connectivity index (χ1n) is 6.26. The van der Waals surface area contributed by atoms with E-state index < -0.39 is 0 Å². The van der Waals surface area contributed by atoms with Crippen molar-refractivity contribution in [3.05, 3.63) is 33.0 Å². The normalized spacial score (nSPS) is 11.4. The summed E-state index contributed by atoms with van der Waals surface area (Å²) in [4.78, 5) is 0. The highest BCUT2D eigenvalue weighted by molar-refractivity contribution is 9.10. The summed E-state index contributed by atoms with van der Waals surface area (Å²) in [5.41, 5.74) is 1.79. The van der Waals surface area contributed by atoms with Crippen LogP contribution in [0.1, 0.15) is 24.7 Å². The van der Waals surface area contributed by atoms with E-state index >= 15 is 0 Å². The van der Waals surface area contributed by atoms with E-state index in [0.717, 1.165) is 39.7 Å². The van der Waals surface area contributed by atoms with Crippen LogP contribution >= 0.6 is 27.5 Å². The lowest BCUT2D eigenvalue weighted by atomic mass is 10.1. The quantitative estimate of drug-likeness (QED) is 0.782. The van der Waals surface area contributed by atoms with Gasteiger partial charge in [-0.3, -0.25) is 0 Å². The molecule has 0 saturated carbocycles. The Labute approximate surface area is 126 Å². The number of ether oxygens (including phenoxy) is 1. The van der Waals surface area contributed by atoms with Crippen LogP contribution in [-0.2, 0) is 17.9 Å². The van der Waals surface area contributed by atoms with E-state index in [9.17, 15) is 0 Å². The second kappa shape index (κ2) is 6.75. The summed E-state index contributed by atoms with van der Waals surface area (Å²) in [6, 6.07) is 3.86. The van der Waals surface area contributed by atoms with E-state index in [4.69, 9.17) is 20.8 Å². The minimum absolute atomic E-state index is 0.517. The number of methoxy groups -OCH3 is 1. The van der Waals surface area contributed by atoms with Gasteiger partial charge in [0.2, 0.25) is 0 Å². The molecule has 2 aromatic rings. The van der Waals surface area contributed by atoms with Crippen LogP contribution < -0.4 is 5.32 Å². The fourth-order valence-corrected chi connectivity index (χ4v) is 2.89. The van der Waals surface area contributed by atoms with Crippen LogP contribution in [0, 0.1) is 0 Å². The molecule has 0 atom stereocenters. The van der Waals surface area contributed by atoms with Gasteiger partial charge in [-0.2, -0.15) is 0 Å². The third kappa shape index (κ3) is 3.31. The molecule has 1 aromatic carbocycles. The van der Waals surface area contributed by atoms with Crippen molar-refractivity contribution in [3.63, 3.8) is 0 Å². The molecular formula is C14H17BrClNO2. The Hall–Kier alpha value is -0.550.